The smallest absolute Gasteiger partial charge is 0.278 e. The van der Waals surface area contributed by atoms with Gasteiger partial charge in [0.25, 0.3) is 5.91 Å². The number of carbonyl (C=O) groups is 1. The first-order valence-electron chi connectivity index (χ1n) is 11.4. The zero-order valence-corrected chi connectivity index (χ0v) is 18.4. The lowest BCUT2D eigenvalue weighted by molar-refractivity contribution is -1.02. The van der Waals surface area contributed by atoms with Gasteiger partial charge in [-0.2, -0.15) is 0 Å². The summed E-state index contributed by atoms with van der Waals surface area (Å²) in [7, 11) is 0. The summed E-state index contributed by atoms with van der Waals surface area (Å²) in [6.45, 7) is 10.4. The van der Waals surface area contributed by atoms with Gasteiger partial charge in [-0.25, -0.2) is 0 Å². The van der Waals surface area contributed by atoms with E-state index < -0.39 is 0 Å². The van der Waals surface area contributed by atoms with Gasteiger partial charge in [-0.1, -0.05) is 73.7 Å². The highest BCUT2D eigenvalue weighted by Gasteiger charge is 2.30. The van der Waals surface area contributed by atoms with Gasteiger partial charge >= 0.3 is 0 Å². The largest absolute Gasteiger partial charge is 0.350 e. The van der Waals surface area contributed by atoms with E-state index in [1.54, 1.807) is 4.90 Å². The molecule has 2 aromatic rings. The Morgan fingerprint density at radius 3 is 2.27 bits per heavy atom. The van der Waals surface area contributed by atoms with Crippen molar-refractivity contribution < 1.29 is 14.6 Å². The van der Waals surface area contributed by atoms with E-state index >= 15 is 0 Å². The molecule has 1 aliphatic heterocycles. The van der Waals surface area contributed by atoms with Crippen LogP contribution in [0.2, 0.25) is 0 Å². The molecule has 1 amide bonds. The van der Waals surface area contributed by atoms with Crippen LogP contribution < -0.4 is 15.1 Å². The van der Waals surface area contributed by atoms with E-state index in [-0.39, 0.29) is 11.9 Å². The van der Waals surface area contributed by atoms with Crippen LogP contribution in [-0.4, -0.2) is 51.2 Å². The third kappa shape index (κ3) is 6.54. The molecule has 2 atom stereocenters. The Labute approximate surface area is 181 Å². The van der Waals surface area contributed by atoms with E-state index in [2.05, 4.69) is 79.8 Å². The fraction of sp³-hybridized carbons (Fsp3) is 0.423. The van der Waals surface area contributed by atoms with Crippen LogP contribution in [-0.2, 0) is 4.79 Å². The van der Waals surface area contributed by atoms with Crippen LogP contribution in [0.3, 0.4) is 0 Å². The van der Waals surface area contributed by atoms with E-state index in [0.29, 0.717) is 5.92 Å². The fourth-order valence-electron chi connectivity index (χ4n) is 4.27. The number of hydrogen-bond acceptors (Lipinski definition) is 1. The van der Waals surface area contributed by atoms with Crippen LogP contribution in [0.25, 0.3) is 6.08 Å². The lowest BCUT2D eigenvalue weighted by Crippen LogP contribution is -3.30. The molecule has 1 saturated heterocycles. The Balaban J connectivity index is 1.40. The number of hydrogen-bond donors (Lipinski definition) is 3. The third-order valence-electron chi connectivity index (χ3n) is 6.41. The summed E-state index contributed by atoms with van der Waals surface area (Å²) in [5.74, 6) is 0.571. The quantitative estimate of drug-likeness (QED) is 0.574. The van der Waals surface area contributed by atoms with E-state index in [1.807, 2.05) is 12.1 Å². The monoisotopic (exact) mass is 407 g/mol. The van der Waals surface area contributed by atoms with Crippen molar-refractivity contribution in [2.75, 3.05) is 39.3 Å². The van der Waals surface area contributed by atoms with Crippen molar-refractivity contribution in [2.24, 2.45) is 0 Å². The van der Waals surface area contributed by atoms with Crippen LogP contribution >= 0.6 is 0 Å². The highest BCUT2D eigenvalue weighted by Crippen LogP contribution is 2.17. The number of carbonyl (C=O) groups excluding carboxylic acids is 1. The Kier molecular flexibility index (Phi) is 8.66. The predicted molar refractivity (Wildman–Crippen MR) is 124 cm³/mol. The standard InChI is InChI=1S/C26H35N3O/c1-3-24(25-14-8-5-9-15-25)21-27-26(30)22(2)29-19-17-28(18-20-29)16-10-13-23-11-6-4-7-12-23/h4-15,22,24H,3,16-21H2,1-2H3,(H,27,30)/p+2/b13-10+/t22-,24+/m0/s1. The van der Waals surface area contributed by atoms with Crippen molar-refractivity contribution in [3.05, 3.63) is 77.9 Å². The SMILES string of the molecule is CC[C@H](CNC(=O)[C@H](C)[NH+]1CC[NH+](C/C=C/c2ccccc2)CC1)c1ccccc1. The maximum absolute atomic E-state index is 12.8. The number of rotatable bonds is 9. The fourth-order valence-corrected chi connectivity index (χ4v) is 4.27. The number of amides is 1. The van der Waals surface area contributed by atoms with Crippen molar-refractivity contribution in [2.45, 2.75) is 32.2 Å². The summed E-state index contributed by atoms with van der Waals surface area (Å²) < 4.78 is 0. The second-order valence-electron chi connectivity index (χ2n) is 8.41. The summed E-state index contributed by atoms with van der Waals surface area (Å²) in [5.41, 5.74) is 2.56. The first kappa shape index (κ1) is 22.3. The molecular weight excluding hydrogens is 370 g/mol. The molecule has 1 fully saturated rings. The Bertz CT molecular complexity index is 782. The van der Waals surface area contributed by atoms with Gasteiger partial charge in [-0.05, 0) is 30.5 Å². The molecule has 0 spiro atoms. The molecule has 0 unspecified atom stereocenters. The van der Waals surface area contributed by atoms with Crippen molar-refractivity contribution >= 4 is 12.0 Å². The predicted octanol–water partition coefficient (Wildman–Crippen LogP) is 1.18. The molecule has 0 bridgehead atoms. The molecule has 0 aliphatic carbocycles. The molecule has 4 heteroatoms. The molecule has 2 aromatic carbocycles. The van der Waals surface area contributed by atoms with Crippen LogP contribution in [0.5, 0.6) is 0 Å². The summed E-state index contributed by atoms with van der Waals surface area (Å²) in [6.07, 6.45) is 5.52. The number of quaternary nitrogens is 2. The van der Waals surface area contributed by atoms with Gasteiger partial charge in [0.15, 0.2) is 6.04 Å². The summed E-state index contributed by atoms with van der Waals surface area (Å²) >= 11 is 0. The molecule has 1 aliphatic rings. The molecule has 0 radical (unpaired) electrons. The van der Waals surface area contributed by atoms with Crippen LogP contribution in [0.4, 0.5) is 0 Å². The van der Waals surface area contributed by atoms with E-state index in [4.69, 9.17) is 0 Å². The first-order valence-corrected chi connectivity index (χ1v) is 11.4. The lowest BCUT2D eigenvalue weighted by atomic mass is 9.96. The maximum atomic E-state index is 12.8. The Hall–Kier alpha value is -2.43. The number of benzene rings is 2. The highest BCUT2D eigenvalue weighted by molar-refractivity contribution is 5.80. The van der Waals surface area contributed by atoms with Gasteiger partial charge < -0.3 is 15.1 Å². The molecule has 1 heterocycles. The van der Waals surface area contributed by atoms with Crippen molar-refractivity contribution in [3.63, 3.8) is 0 Å². The van der Waals surface area contributed by atoms with E-state index in [0.717, 1.165) is 45.7 Å². The Morgan fingerprint density at radius 1 is 1.00 bits per heavy atom. The number of nitrogens with one attached hydrogen (secondary N) is 3. The first-order chi connectivity index (χ1) is 14.7. The average Bonchev–Trinajstić information content (AvgIpc) is 2.81. The van der Waals surface area contributed by atoms with Gasteiger partial charge in [0, 0.05) is 12.5 Å². The van der Waals surface area contributed by atoms with Crippen LogP contribution in [0.15, 0.2) is 66.7 Å². The number of piperazine rings is 1. The third-order valence-corrected chi connectivity index (χ3v) is 6.41. The lowest BCUT2D eigenvalue weighted by Gasteiger charge is -2.32. The van der Waals surface area contributed by atoms with Crippen LogP contribution in [0, 0.1) is 0 Å². The maximum Gasteiger partial charge on any atom is 0.278 e. The molecule has 0 saturated carbocycles. The van der Waals surface area contributed by atoms with E-state index in [9.17, 15) is 4.79 Å². The molecule has 4 nitrogen and oxygen atoms in total. The molecular formula is C26H37N3O+2. The van der Waals surface area contributed by atoms with Gasteiger partial charge in [0.05, 0.1) is 6.54 Å². The molecule has 0 aromatic heterocycles. The summed E-state index contributed by atoms with van der Waals surface area (Å²) in [4.78, 5) is 15.8. The van der Waals surface area contributed by atoms with Crippen LogP contribution in [0.1, 0.15) is 37.3 Å². The second-order valence-corrected chi connectivity index (χ2v) is 8.41. The molecule has 160 valence electrons. The highest BCUT2D eigenvalue weighted by atomic mass is 16.2. The minimum atomic E-state index is 0.0136. The normalized spacial score (nSPS) is 21.3. The Morgan fingerprint density at radius 2 is 1.63 bits per heavy atom. The molecule has 30 heavy (non-hydrogen) atoms. The van der Waals surface area contributed by atoms with Crippen molar-refractivity contribution in [3.8, 4) is 0 Å². The molecule has 3 N–H and O–H groups in total. The van der Waals surface area contributed by atoms with E-state index in [1.165, 1.54) is 16.0 Å². The summed E-state index contributed by atoms with van der Waals surface area (Å²) in [5, 5.41) is 3.22. The second kappa shape index (κ2) is 11.7. The summed E-state index contributed by atoms with van der Waals surface area (Å²) in [6, 6.07) is 21.0. The van der Waals surface area contributed by atoms with Gasteiger partial charge in [0.2, 0.25) is 0 Å². The minimum absolute atomic E-state index is 0.0136. The minimum Gasteiger partial charge on any atom is -0.350 e. The average molecular weight is 408 g/mol. The van der Waals surface area contributed by atoms with Crippen molar-refractivity contribution in [1.82, 2.24) is 5.32 Å². The zero-order chi connectivity index (χ0) is 21.2. The van der Waals surface area contributed by atoms with Gasteiger partial charge in [0.1, 0.15) is 26.2 Å². The van der Waals surface area contributed by atoms with Gasteiger partial charge in [-0.3, -0.25) is 4.79 Å². The zero-order valence-electron chi connectivity index (χ0n) is 18.4. The molecule has 3 rings (SSSR count). The van der Waals surface area contributed by atoms with Crippen molar-refractivity contribution in [1.29, 1.82) is 0 Å². The topological polar surface area (TPSA) is 38.0 Å². The van der Waals surface area contributed by atoms with Gasteiger partial charge in [-0.15, -0.1) is 0 Å².